The van der Waals surface area contributed by atoms with Gasteiger partial charge in [0.05, 0.1) is 6.10 Å². The zero-order valence-corrected chi connectivity index (χ0v) is 8.55. The second-order valence-electron chi connectivity index (χ2n) is 2.81. The number of hydrogen-bond donors (Lipinski definition) is 1. The van der Waals surface area contributed by atoms with Crippen LogP contribution in [0, 0.1) is 0 Å². The molecule has 0 aromatic heterocycles. The highest BCUT2D eigenvalue weighted by Gasteiger charge is 2.03. The molecule has 0 unspecified atom stereocenters. The summed E-state index contributed by atoms with van der Waals surface area (Å²) < 4.78 is 0. The lowest BCUT2D eigenvalue weighted by Gasteiger charge is -2.08. The van der Waals surface area contributed by atoms with Crippen LogP contribution in [0.4, 0.5) is 0 Å². The largest absolute Gasteiger partial charge is 0.388 e. The fraction of sp³-hybridized carbons (Fsp3) is 0.273. The van der Waals surface area contributed by atoms with E-state index in [4.69, 9.17) is 0 Å². The van der Waals surface area contributed by atoms with Crippen LogP contribution in [0.15, 0.2) is 41.8 Å². The van der Waals surface area contributed by atoms with Gasteiger partial charge in [-0.1, -0.05) is 18.2 Å². The van der Waals surface area contributed by atoms with E-state index in [-0.39, 0.29) is 0 Å². The number of aliphatic hydroxyl groups is 1. The van der Waals surface area contributed by atoms with Gasteiger partial charge in [0.25, 0.3) is 0 Å². The minimum absolute atomic E-state index is 0.409. The second kappa shape index (κ2) is 5.10. The average Bonchev–Trinajstić information content (AvgIpc) is 2.18. The molecule has 0 amide bonds. The predicted molar refractivity (Wildman–Crippen MR) is 58.0 cm³/mol. The first-order chi connectivity index (χ1) is 6.27. The Morgan fingerprint density at radius 2 is 2.08 bits per heavy atom. The molecule has 1 aromatic carbocycles. The molecule has 0 aliphatic heterocycles. The fourth-order valence-electron chi connectivity index (χ4n) is 1.12. The van der Waals surface area contributed by atoms with E-state index < -0.39 is 6.10 Å². The maximum Gasteiger partial charge on any atom is 0.0824 e. The van der Waals surface area contributed by atoms with Crippen molar-refractivity contribution < 1.29 is 5.11 Å². The number of hydrogen-bond acceptors (Lipinski definition) is 2. The quantitative estimate of drug-likeness (QED) is 0.587. The van der Waals surface area contributed by atoms with Crippen LogP contribution in [-0.2, 0) is 0 Å². The Hall–Kier alpha value is -0.730. The van der Waals surface area contributed by atoms with Crippen LogP contribution in [0.25, 0.3) is 0 Å². The molecule has 1 rings (SSSR count). The van der Waals surface area contributed by atoms with Crippen LogP contribution in [0.2, 0.25) is 0 Å². The predicted octanol–water partition coefficient (Wildman–Crippen LogP) is 3.02. The monoisotopic (exact) mass is 194 g/mol. The summed E-state index contributed by atoms with van der Waals surface area (Å²) in [7, 11) is 0. The lowest BCUT2D eigenvalue weighted by atomic mass is 10.1. The normalized spacial score (nSPS) is 12.5. The lowest BCUT2D eigenvalue weighted by molar-refractivity contribution is 0.181. The van der Waals surface area contributed by atoms with Crippen molar-refractivity contribution in [3.63, 3.8) is 0 Å². The van der Waals surface area contributed by atoms with E-state index in [1.807, 2.05) is 30.5 Å². The Morgan fingerprint density at radius 1 is 1.46 bits per heavy atom. The Bertz CT molecular complexity index is 266. The maximum atomic E-state index is 9.61. The standard InChI is InChI=1S/C11H14OS/c1-3-4-11(12)9-5-7-10(13-2)8-6-9/h3,5-8,11-12H,1,4H2,2H3/t11-/m1/s1. The van der Waals surface area contributed by atoms with Crippen LogP contribution in [0.3, 0.4) is 0 Å². The number of aliphatic hydroxyl groups excluding tert-OH is 1. The molecule has 13 heavy (non-hydrogen) atoms. The maximum absolute atomic E-state index is 9.61. The molecule has 0 spiro atoms. The third-order valence-corrected chi connectivity index (χ3v) is 2.63. The first-order valence-corrected chi connectivity index (χ1v) is 5.43. The minimum Gasteiger partial charge on any atom is -0.388 e. The molecule has 0 fully saturated rings. The SMILES string of the molecule is C=CC[C@@H](O)c1ccc(SC)cc1. The van der Waals surface area contributed by atoms with Crippen LogP contribution < -0.4 is 0 Å². The Morgan fingerprint density at radius 3 is 2.54 bits per heavy atom. The van der Waals surface area contributed by atoms with Gasteiger partial charge in [-0.2, -0.15) is 0 Å². The molecule has 1 atom stereocenters. The molecule has 1 N–H and O–H groups in total. The van der Waals surface area contributed by atoms with Gasteiger partial charge in [-0.25, -0.2) is 0 Å². The van der Waals surface area contributed by atoms with E-state index in [2.05, 4.69) is 6.58 Å². The van der Waals surface area contributed by atoms with E-state index in [1.54, 1.807) is 17.8 Å². The molecule has 1 aromatic rings. The van der Waals surface area contributed by atoms with Crippen LogP contribution in [0.1, 0.15) is 18.1 Å². The highest BCUT2D eigenvalue weighted by molar-refractivity contribution is 7.98. The van der Waals surface area contributed by atoms with Crippen molar-refractivity contribution in [1.29, 1.82) is 0 Å². The molecular weight excluding hydrogens is 180 g/mol. The smallest absolute Gasteiger partial charge is 0.0824 e. The van der Waals surface area contributed by atoms with Crippen molar-refractivity contribution in [3.8, 4) is 0 Å². The van der Waals surface area contributed by atoms with Gasteiger partial charge < -0.3 is 5.11 Å². The summed E-state index contributed by atoms with van der Waals surface area (Å²) in [5.41, 5.74) is 0.956. The molecule has 0 heterocycles. The highest BCUT2D eigenvalue weighted by atomic mass is 32.2. The molecule has 0 aliphatic carbocycles. The summed E-state index contributed by atoms with van der Waals surface area (Å²) in [5, 5.41) is 9.61. The van der Waals surface area contributed by atoms with Crippen molar-refractivity contribution >= 4 is 11.8 Å². The van der Waals surface area contributed by atoms with Gasteiger partial charge in [0.1, 0.15) is 0 Å². The highest BCUT2D eigenvalue weighted by Crippen LogP contribution is 2.20. The van der Waals surface area contributed by atoms with Crippen molar-refractivity contribution in [2.75, 3.05) is 6.26 Å². The summed E-state index contributed by atoms with van der Waals surface area (Å²) in [6.07, 6.45) is 3.97. The van der Waals surface area contributed by atoms with Crippen molar-refractivity contribution in [2.24, 2.45) is 0 Å². The fourth-order valence-corrected chi connectivity index (χ4v) is 1.53. The van der Waals surface area contributed by atoms with Gasteiger partial charge in [-0.05, 0) is 30.4 Å². The molecule has 1 nitrogen and oxygen atoms in total. The van der Waals surface area contributed by atoms with Crippen LogP contribution >= 0.6 is 11.8 Å². The third kappa shape index (κ3) is 2.90. The number of thioether (sulfide) groups is 1. The zero-order chi connectivity index (χ0) is 9.68. The Balaban J connectivity index is 2.73. The molecule has 0 saturated heterocycles. The summed E-state index contributed by atoms with van der Waals surface area (Å²) in [4.78, 5) is 1.22. The van der Waals surface area contributed by atoms with E-state index in [9.17, 15) is 5.11 Å². The lowest BCUT2D eigenvalue weighted by Crippen LogP contribution is -1.94. The average molecular weight is 194 g/mol. The molecule has 0 saturated carbocycles. The molecule has 0 aliphatic rings. The van der Waals surface area contributed by atoms with Gasteiger partial charge in [-0.3, -0.25) is 0 Å². The van der Waals surface area contributed by atoms with Gasteiger partial charge in [-0.15, -0.1) is 18.3 Å². The third-order valence-electron chi connectivity index (χ3n) is 1.89. The molecular formula is C11H14OS. The number of rotatable bonds is 4. The zero-order valence-electron chi connectivity index (χ0n) is 7.73. The minimum atomic E-state index is -0.409. The topological polar surface area (TPSA) is 20.2 Å². The molecule has 0 radical (unpaired) electrons. The van der Waals surface area contributed by atoms with Crippen molar-refractivity contribution in [1.82, 2.24) is 0 Å². The number of benzene rings is 1. The first kappa shape index (κ1) is 10.4. The second-order valence-corrected chi connectivity index (χ2v) is 3.69. The first-order valence-electron chi connectivity index (χ1n) is 4.21. The van der Waals surface area contributed by atoms with Gasteiger partial charge in [0, 0.05) is 4.90 Å². The van der Waals surface area contributed by atoms with E-state index >= 15 is 0 Å². The Kier molecular flexibility index (Phi) is 4.06. The van der Waals surface area contributed by atoms with E-state index in [1.165, 1.54) is 4.90 Å². The molecule has 0 bridgehead atoms. The van der Waals surface area contributed by atoms with Crippen LogP contribution in [-0.4, -0.2) is 11.4 Å². The molecule has 2 heteroatoms. The van der Waals surface area contributed by atoms with E-state index in [0.717, 1.165) is 5.56 Å². The van der Waals surface area contributed by atoms with Gasteiger partial charge in [0.15, 0.2) is 0 Å². The van der Waals surface area contributed by atoms with E-state index in [0.29, 0.717) is 6.42 Å². The van der Waals surface area contributed by atoms with Gasteiger partial charge >= 0.3 is 0 Å². The van der Waals surface area contributed by atoms with Gasteiger partial charge in [0.2, 0.25) is 0 Å². The molecule has 70 valence electrons. The van der Waals surface area contributed by atoms with Crippen molar-refractivity contribution in [3.05, 3.63) is 42.5 Å². The summed E-state index contributed by atoms with van der Waals surface area (Å²) in [5.74, 6) is 0. The summed E-state index contributed by atoms with van der Waals surface area (Å²) in [6, 6.07) is 7.96. The Labute approximate surface area is 83.5 Å². The summed E-state index contributed by atoms with van der Waals surface area (Å²) in [6.45, 7) is 3.60. The van der Waals surface area contributed by atoms with Crippen molar-refractivity contribution in [2.45, 2.75) is 17.4 Å². The van der Waals surface area contributed by atoms with Crippen LogP contribution in [0.5, 0.6) is 0 Å². The summed E-state index contributed by atoms with van der Waals surface area (Å²) >= 11 is 1.70.